The van der Waals surface area contributed by atoms with Crippen LogP contribution in [0.4, 0.5) is 0 Å². The van der Waals surface area contributed by atoms with Crippen molar-refractivity contribution in [2.24, 2.45) is 0 Å². The quantitative estimate of drug-likeness (QED) is 0.324. The van der Waals surface area contributed by atoms with Gasteiger partial charge in [0.2, 0.25) is 9.84 Å². The fourth-order valence-electron chi connectivity index (χ4n) is 3.38. The van der Waals surface area contributed by atoms with E-state index in [1.807, 2.05) is 0 Å². The lowest BCUT2D eigenvalue weighted by atomic mass is 10.1. The van der Waals surface area contributed by atoms with E-state index in [1.165, 1.54) is 24.3 Å². The largest absolute Gasteiger partial charge is 0.491 e. The summed E-state index contributed by atoms with van der Waals surface area (Å²) >= 11 is 0. The number of rotatable bonds is 16. The minimum Gasteiger partial charge on any atom is -0.491 e. The number of aliphatic hydroxyl groups is 2. The molecule has 2 aromatic rings. The number of unbranched alkanes of at least 4 members (excludes halogenated alkanes) is 4. The zero-order valence-electron chi connectivity index (χ0n) is 19.8. The van der Waals surface area contributed by atoms with Gasteiger partial charge in [-0.2, -0.15) is 0 Å². The summed E-state index contributed by atoms with van der Waals surface area (Å²) in [6.45, 7) is 4.60. The Bertz CT molecular complexity index is 824. The van der Waals surface area contributed by atoms with Gasteiger partial charge in [-0.15, -0.1) is 0 Å². The summed E-state index contributed by atoms with van der Waals surface area (Å²) in [6, 6.07) is 12.4. The van der Waals surface area contributed by atoms with Crippen molar-refractivity contribution in [1.29, 1.82) is 0 Å². The third-order valence-corrected chi connectivity index (χ3v) is 7.22. The van der Waals surface area contributed by atoms with Crippen molar-refractivity contribution in [3.8, 4) is 11.5 Å². The molecule has 0 aromatic heterocycles. The van der Waals surface area contributed by atoms with Crippen LogP contribution < -0.4 is 9.47 Å². The molecule has 0 saturated carbocycles. The first-order valence-electron chi connectivity index (χ1n) is 11.9. The molecular weight excluding hydrogens is 440 g/mol. The first-order valence-corrected chi connectivity index (χ1v) is 13.4. The normalized spacial score (nSPS) is 13.5. The van der Waals surface area contributed by atoms with Gasteiger partial charge in [-0.3, -0.25) is 0 Å². The predicted octanol–water partition coefficient (Wildman–Crippen LogP) is 5.16. The second-order valence-electron chi connectivity index (χ2n) is 8.37. The minimum absolute atomic E-state index is 0.165. The van der Waals surface area contributed by atoms with Gasteiger partial charge in [0.15, 0.2) is 0 Å². The maximum absolute atomic E-state index is 12.9. The van der Waals surface area contributed by atoms with Crippen molar-refractivity contribution in [3.63, 3.8) is 0 Å². The average molecular weight is 479 g/mol. The molecule has 0 spiro atoms. The second-order valence-corrected chi connectivity index (χ2v) is 10.3. The molecule has 2 aromatic carbocycles. The molecule has 0 amide bonds. The van der Waals surface area contributed by atoms with Gasteiger partial charge in [0, 0.05) is 0 Å². The van der Waals surface area contributed by atoms with Gasteiger partial charge in [0.05, 0.1) is 22.0 Å². The third-order valence-electron chi connectivity index (χ3n) is 5.43. The van der Waals surface area contributed by atoms with Gasteiger partial charge in [-0.25, -0.2) is 8.42 Å². The zero-order chi connectivity index (χ0) is 24.1. The second kappa shape index (κ2) is 14.2. The number of sulfone groups is 1. The van der Waals surface area contributed by atoms with E-state index in [9.17, 15) is 18.6 Å². The lowest BCUT2D eigenvalue weighted by Gasteiger charge is -2.13. The number of aliphatic hydroxyl groups excluding tert-OH is 2. The first-order chi connectivity index (χ1) is 15.9. The van der Waals surface area contributed by atoms with Gasteiger partial charge >= 0.3 is 0 Å². The van der Waals surface area contributed by atoms with Crippen LogP contribution in [0.2, 0.25) is 0 Å². The first kappa shape index (κ1) is 27.2. The molecule has 2 rings (SSSR count). The van der Waals surface area contributed by atoms with Gasteiger partial charge < -0.3 is 19.7 Å². The maximum Gasteiger partial charge on any atom is 0.206 e. The molecule has 0 radical (unpaired) electrons. The standard InChI is InChI=1S/C26H38O6S/c1-3-5-7-9-21(27)19-31-23-11-15-25(16-12-23)33(29,30)26-17-13-24(14-18-26)32-20-22(28)10-8-6-4-2/h11-18,21-22,27-28H,3-10,19-20H2,1-2H3. The Labute approximate surface area is 198 Å². The van der Waals surface area contributed by atoms with Gasteiger partial charge in [-0.1, -0.05) is 52.4 Å². The highest BCUT2D eigenvalue weighted by Crippen LogP contribution is 2.25. The molecule has 0 fully saturated rings. The van der Waals surface area contributed by atoms with E-state index in [1.54, 1.807) is 24.3 Å². The van der Waals surface area contributed by atoms with Crippen molar-refractivity contribution >= 4 is 9.84 Å². The van der Waals surface area contributed by atoms with E-state index < -0.39 is 22.0 Å². The Morgan fingerprint density at radius 2 is 1.03 bits per heavy atom. The molecule has 2 unspecified atom stereocenters. The van der Waals surface area contributed by atoms with Crippen LogP contribution in [0, 0.1) is 0 Å². The van der Waals surface area contributed by atoms with E-state index in [0.29, 0.717) is 24.3 Å². The lowest BCUT2D eigenvalue weighted by molar-refractivity contribution is 0.0975. The number of hydrogen-bond donors (Lipinski definition) is 2. The molecule has 7 heteroatoms. The molecule has 33 heavy (non-hydrogen) atoms. The van der Waals surface area contributed by atoms with Gasteiger partial charge in [0.1, 0.15) is 24.7 Å². The van der Waals surface area contributed by atoms with E-state index in [4.69, 9.17) is 9.47 Å². The highest BCUT2D eigenvalue weighted by atomic mass is 32.2. The molecule has 184 valence electrons. The summed E-state index contributed by atoms with van der Waals surface area (Å²) in [6.07, 6.45) is 6.60. The molecule has 0 heterocycles. The fourth-order valence-corrected chi connectivity index (χ4v) is 4.64. The van der Waals surface area contributed by atoms with Crippen LogP contribution in [0.25, 0.3) is 0 Å². The van der Waals surface area contributed by atoms with Crippen LogP contribution in [-0.4, -0.2) is 44.1 Å². The van der Waals surface area contributed by atoms with E-state index in [2.05, 4.69) is 13.8 Å². The molecule has 2 atom stereocenters. The Kier molecular flexibility index (Phi) is 11.7. The smallest absolute Gasteiger partial charge is 0.206 e. The third kappa shape index (κ3) is 9.35. The Hall–Kier alpha value is -2.09. The molecule has 0 bridgehead atoms. The maximum atomic E-state index is 12.9. The van der Waals surface area contributed by atoms with Gasteiger partial charge in [-0.05, 0) is 61.4 Å². The van der Waals surface area contributed by atoms with Gasteiger partial charge in [0.25, 0.3) is 0 Å². The van der Waals surface area contributed by atoms with Crippen molar-refractivity contribution in [2.45, 2.75) is 87.2 Å². The summed E-state index contributed by atoms with van der Waals surface area (Å²) in [5, 5.41) is 19.9. The summed E-state index contributed by atoms with van der Waals surface area (Å²) in [7, 11) is -3.67. The van der Waals surface area contributed by atoms with Crippen LogP contribution in [0.1, 0.15) is 65.2 Å². The van der Waals surface area contributed by atoms with E-state index in [-0.39, 0.29) is 23.0 Å². The van der Waals surface area contributed by atoms with E-state index in [0.717, 1.165) is 38.5 Å². The average Bonchev–Trinajstić information content (AvgIpc) is 2.82. The van der Waals surface area contributed by atoms with Crippen molar-refractivity contribution in [2.75, 3.05) is 13.2 Å². The molecule has 0 aliphatic heterocycles. The van der Waals surface area contributed by atoms with Crippen LogP contribution in [0.3, 0.4) is 0 Å². The van der Waals surface area contributed by atoms with Crippen molar-refractivity contribution < 1.29 is 28.1 Å². The SMILES string of the molecule is CCCCCC(O)COc1ccc(S(=O)(=O)c2ccc(OCC(O)CCCCC)cc2)cc1. The molecular formula is C26H38O6S. The van der Waals surface area contributed by atoms with Crippen molar-refractivity contribution in [3.05, 3.63) is 48.5 Å². The van der Waals surface area contributed by atoms with Crippen LogP contribution in [0.15, 0.2) is 58.3 Å². The summed E-state index contributed by atoms with van der Waals surface area (Å²) < 4.78 is 37.0. The minimum atomic E-state index is -3.67. The Balaban J connectivity index is 1.89. The molecule has 2 N–H and O–H groups in total. The monoisotopic (exact) mass is 478 g/mol. The number of benzene rings is 2. The zero-order valence-corrected chi connectivity index (χ0v) is 20.6. The van der Waals surface area contributed by atoms with Crippen LogP contribution >= 0.6 is 0 Å². The highest BCUT2D eigenvalue weighted by Gasteiger charge is 2.18. The summed E-state index contributed by atoms with van der Waals surface area (Å²) in [4.78, 5) is 0.330. The molecule has 0 aliphatic carbocycles. The van der Waals surface area contributed by atoms with Crippen LogP contribution in [-0.2, 0) is 9.84 Å². The summed E-state index contributed by atoms with van der Waals surface area (Å²) in [5.74, 6) is 1.04. The van der Waals surface area contributed by atoms with Crippen LogP contribution in [0.5, 0.6) is 11.5 Å². The van der Waals surface area contributed by atoms with E-state index >= 15 is 0 Å². The highest BCUT2D eigenvalue weighted by molar-refractivity contribution is 7.91. The predicted molar refractivity (Wildman–Crippen MR) is 130 cm³/mol. The fraction of sp³-hybridized carbons (Fsp3) is 0.538. The topological polar surface area (TPSA) is 93.1 Å². The number of hydrogen-bond acceptors (Lipinski definition) is 6. The Morgan fingerprint density at radius 1 is 0.667 bits per heavy atom. The molecule has 6 nitrogen and oxygen atoms in total. The molecule has 0 saturated heterocycles. The summed E-state index contributed by atoms with van der Waals surface area (Å²) in [5.41, 5.74) is 0. The number of ether oxygens (including phenoxy) is 2. The Morgan fingerprint density at radius 3 is 1.36 bits per heavy atom. The lowest BCUT2D eigenvalue weighted by Crippen LogP contribution is -2.17. The van der Waals surface area contributed by atoms with Crippen molar-refractivity contribution in [1.82, 2.24) is 0 Å². The molecule has 0 aliphatic rings.